The van der Waals surface area contributed by atoms with Crippen molar-refractivity contribution in [2.45, 2.75) is 0 Å². The minimum atomic E-state index is -0.0445. The average molecular weight is 204 g/mol. The lowest BCUT2D eigenvalue weighted by atomic mass is 10.3. The first-order chi connectivity index (χ1) is 7.31. The van der Waals surface area contributed by atoms with Crippen molar-refractivity contribution in [3.8, 4) is 5.69 Å². The summed E-state index contributed by atoms with van der Waals surface area (Å²) in [5, 5.41) is 15.3. The number of oxime groups is 1. The smallest absolute Gasteiger partial charge is 0.188 e. The predicted molar refractivity (Wildman–Crippen MR) is 51.7 cm³/mol. The first-order valence-electron chi connectivity index (χ1n) is 4.10. The summed E-state index contributed by atoms with van der Waals surface area (Å²) < 4.78 is 1.55. The Hall–Kier alpha value is -2.44. The van der Waals surface area contributed by atoms with Crippen LogP contribution in [0, 0.1) is 0 Å². The molecule has 7 heteroatoms. The van der Waals surface area contributed by atoms with E-state index in [-0.39, 0.29) is 5.84 Å². The van der Waals surface area contributed by atoms with Crippen molar-refractivity contribution in [3.63, 3.8) is 0 Å². The van der Waals surface area contributed by atoms with Crippen molar-refractivity contribution in [1.82, 2.24) is 19.7 Å². The maximum atomic E-state index is 8.50. The third-order valence-corrected chi connectivity index (χ3v) is 1.80. The molecule has 3 N–H and O–H groups in total. The molecule has 2 aromatic rings. The predicted octanol–water partition coefficient (Wildman–Crippen LogP) is -0.243. The first-order valence-corrected chi connectivity index (χ1v) is 4.10. The lowest BCUT2D eigenvalue weighted by molar-refractivity contribution is 0.318. The van der Waals surface area contributed by atoms with Gasteiger partial charge in [0.1, 0.15) is 18.3 Å². The van der Waals surface area contributed by atoms with Crippen LogP contribution in [0.4, 0.5) is 0 Å². The van der Waals surface area contributed by atoms with Crippen LogP contribution in [-0.4, -0.2) is 30.8 Å². The molecule has 2 rings (SSSR count). The van der Waals surface area contributed by atoms with Crippen molar-refractivity contribution >= 4 is 5.84 Å². The lowest BCUT2D eigenvalue weighted by Crippen LogP contribution is -2.15. The molecule has 0 aliphatic rings. The largest absolute Gasteiger partial charge is 0.409 e. The molecule has 0 unspecified atom stereocenters. The number of nitrogens with zero attached hydrogens (tertiary/aromatic N) is 5. The zero-order valence-electron chi connectivity index (χ0n) is 7.65. The molecule has 0 saturated carbocycles. The SMILES string of the molecule is NC(=NO)c1cc(-n2cncn2)ccn1. The van der Waals surface area contributed by atoms with Gasteiger partial charge in [0.2, 0.25) is 0 Å². The zero-order valence-corrected chi connectivity index (χ0v) is 7.65. The molecule has 0 bridgehead atoms. The van der Waals surface area contributed by atoms with E-state index in [0.717, 1.165) is 5.69 Å². The highest BCUT2D eigenvalue weighted by molar-refractivity contribution is 5.95. The quantitative estimate of drug-likeness (QED) is 0.304. The van der Waals surface area contributed by atoms with Crippen LogP contribution in [0.3, 0.4) is 0 Å². The summed E-state index contributed by atoms with van der Waals surface area (Å²) in [4.78, 5) is 7.76. The molecule has 15 heavy (non-hydrogen) atoms. The highest BCUT2D eigenvalue weighted by atomic mass is 16.4. The van der Waals surface area contributed by atoms with Crippen LogP contribution in [0.1, 0.15) is 5.69 Å². The molecule has 0 aliphatic heterocycles. The average Bonchev–Trinajstić information content (AvgIpc) is 2.82. The van der Waals surface area contributed by atoms with Crippen molar-refractivity contribution in [2.75, 3.05) is 0 Å². The van der Waals surface area contributed by atoms with Gasteiger partial charge in [0, 0.05) is 6.20 Å². The number of aromatic nitrogens is 4. The van der Waals surface area contributed by atoms with Crippen LogP contribution in [0.25, 0.3) is 5.69 Å². The molecule has 0 atom stereocenters. The molecule has 0 saturated heterocycles. The standard InChI is InChI=1S/C8H8N6O/c9-8(13-15)7-3-6(1-2-11-7)14-5-10-4-12-14/h1-5,15H,(H2,9,13). The minimum Gasteiger partial charge on any atom is -0.409 e. The maximum absolute atomic E-state index is 8.50. The van der Waals surface area contributed by atoms with Crippen LogP contribution in [0.15, 0.2) is 36.1 Å². The van der Waals surface area contributed by atoms with Gasteiger partial charge in [-0.3, -0.25) is 4.98 Å². The molecule has 0 aromatic carbocycles. The molecular formula is C8H8N6O. The van der Waals surface area contributed by atoms with Gasteiger partial charge in [-0.25, -0.2) is 9.67 Å². The summed E-state index contributed by atoms with van der Waals surface area (Å²) in [5.41, 5.74) is 6.53. The van der Waals surface area contributed by atoms with Crippen LogP contribution in [0.2, 0.25) is 0 Å². The van der Waals surface area contributed by atoms with Crippen LogP contribution < -0.4 is 5.73 Å². The minimum absolute atomic E-state index is 0.0445. The Bertz CT molecular complexity index is 478. The van der Waals surface area contributed by atoms with E-state index in [1.165, 1.54) is 6.33 Å². The van der Waals surface area contributed by atoms with Gasteiger partial charge >= 0.3 is 0 Å². The molecule has 0 radical (unpaired) electrons. The second-order valence-electron chi connectivity index (χ2n) is 2.72. The Morgan fingerprint density at radius 1 is 1.53 bits per heavy atom. The van der Waals surface area contributed by atoms with E-state index < -0.39 is 0 Å². The fourth-order valence-corrected chi connectivity index (χ4v) is 1.09. The molecule has 7 nitrogen and oxygen atoms in total. The highest BCUT2D eigenvalue weighted by Gasteiger charge is 2.03. The van der Waals surface area contributed by atoms with Gasteiger partial charge in [-0.05, 0) is 12.1 Å². The van der Waals surface area contributed by atoms with E-state index in [9.17, 15) is 0 Å². The second-order valence-corrected chi connectivity index (χ2v) is 2.72. The van der Waals surface area contributed by atoms with Gasteiger partial charge in [0.15, 0.2) is 5.84 Å². The second kappa shape index (κ2) is 3.74. The monoisotopic (exact) mass is 204 g/mol. The van der Waals surface area contributed by atoms with Gasteiger partial charge in [-0.15, -0.1) is 0 Å². The lowest BCUT2D eigenvalue weighted by Gasteiger charge is -2.02. The zero-order chi connectivity index (χ0) is 10.7. The Balaban J connectivity index is 2.44. The number of pyridine rings is 1. The van der Waals surface area contributed by atoms with Crippen LogP contribution in [0.5, 0.6) is 0 Å². The fraction of sp³-hybridized carbons (Fsp3) is 0. The summed E-state index contributed by atoms with van der Waals surface area (Å²) in [6.07, 6.45) is 4.51. The third kappa shape index (κ3) is 1.75. The molecule has 2 heterocycles. The summed E-state index contributed by atoms with van der Waals surface area (Å²) in [5.74, 6) is -0.0445. The summed E-state index contributed by atoms with van der Waals surface area (Å²) in [6, 6.07) is 3.38. The number of nitrogens with two attached hydrogens (primary N) is 1. The van der Waals surface area contributed by atoms with Crippen LogP contribution in [-0.2, 0) is 0 Å². The molecule has 0 aliphatic carbocycles. The number of hydrogen-bond donors (Lipinski definition) is 2. The fourth-order valence-electron chi connectivity index (χ4n) is 1.09. The molecule has 0 amide bonds. The van der Waals surface area contributed by atoms with Crippen molar-refractivity contribution in [2.24, 2.45) is 10.9 Å². The van der Waals surface area contributed by atoms with Crippen molar-refractivity contribution in [1.29, 1.82) is 0 Å². The normalized spacial score (nSPS) is 11.6. The van der Waals surface area contributed by atoms with E-state index in [4.69, 9.17) is 10.9 Å². The molecular weight excluding hydrogens is 196 g/mol. The Morgan fingerprint density at radius 3 is 3.07 bits per heavy atom. The van der Waals surface area contributed by atoms with E-state index >= 15 is 0 Å². The summed E-state index contributed by atoms with van der Waals surface area (Å²) in [6.45, 7) is 0. The highest BCUT2D eigenvalue weighted by Crippen LogP contribution is 2.05. The van der Waals surface area contributed by atoms with Gasteiger partial charge in [0.05, 0.1) is 5.69 Å². The Morgan fingerprint density at radius 2 is 2.40 bits per heavy atom. The third-order valence-electron chi connectivity index (χ3n) is 1.80. The van der Waals surface area contributed by atoms with E-state index in [1.807, 2.05) is 0 Å². The van der Waals surface area contributed by atoms with E-state index in [1.54, 1.807) is 29.3 Å². The maximum Gasteiger partial charge on any atom is 0.188 e. The number of amidine groups is 1. The Labute approximate surface area is 84.9 Å². The molecule has 76 valence electrons. The van der Waals surface area contributed by atoms with Crippen molar-refractivity contribution in [3.05, 3.63) is 36.7 Å². The summed E-state index contributed by atoms with van der Waals surface area (Å²) >= 11 is 0. The Kier molecular flexibility index (Phi) is 2.28. The first kappa shape index (κ1) is 9.13. The molecule has 0 spiro atoms. The van der Waals surface area contributed by atoms with Crippen molar-refractivity contribution < 1.29 is 5.21 Å². The van der Waals surface area contributed by atoms with Gasteiger partial charge in [0.25, 0.3) is 0 Å². The van der Waals surface area contributed by atoms with Gasteiger partial charge in [-0.2, -0.15) is 5.10 Å². The van der Waals surface area contributed by atoms with Gasteiger partial charge < -0.3 is 10.9 Å². The molecule has 0 fully saturated rings. The van der Waals surface area contributed by atoms with Crippen LogP contribution >= 0.6 is 0 Å². The number of hydrogen-bond acceptors (Lipinski definition) is 5. The van der Waals surface area contributed by atoms with E-state index in [2.05, 4.69) is 20.2 Å². The van der Waals surface area contributed by atoms with Gasteiger partial charge in [-0.1, -0.05) is 5.16 Å². The topological polar surface area (TPSA) is 102 Å². The summed E-state index contributed by atoms with van der Waals surface area (Å²) in [7, 11) is 0. The molecule has 2 aromatic heterocycles. The van der Waals surface area contributed by atoms with E-state index in [0.29, 0.717) is 5.69 Å². The number of rotatable bonds is 2.